The number of carbonyl (C=O) groups is 1. The Labute approximate surface area is 132 Å². The molecule has 7 heteroatoms. The number of hydrogen-bond acceptors (Lipinski definition) is 4. The molecule has 2 rings (SSSR count). The van der Waals surface area contributed by atoms with Gasteiger partial charge in [0, 0.05) is 30.4 Å². The third kappa shape index (κ3) is 4.60. The Balaban J connectivity index is 1.82. The third-order valence-electron chi connectivity index (χ3n) is 2.92. The molecule has 6 nitrogen and oxygen atoms in total. The van der Waals surface area contributed by atoms with E-state index in [1.807, 2.05) is 0 Å². The summed E-state index contributed by atoms with van der Waals surface area (Å²) in [6.45, 7) is 2.31. The summed E-state index contributed by atoms with van der Waals surface area (Å²) in [5, 5.41) is 3.25. The van der Waals surface area contributed by atoms with Crippen molar-refractivity contribution < 1.29 is 9.53 Å². The number of carbonyl (C=O) groups excluding carboxylic acids is 1. The van der Waals surface area contributed by atoms with E-state index in [1.165, 1.54) is 23.2 Å². The lowest BCUT2D eigenvalue weighted by Gasteiger charge is -2.15. The summed E-state index contributed by atoms with van der Waals surface area (Å²) >= 11 is 5.86. The minimum Gasteiger partial charge on any atom is -0.481 e. The minimum atomic E-state index is -0.663. The lowest BCUT2D eigenvalue weighted by Crippen LogP contribution is -2.38. The van der Waals surface area contributed by atoms with E-state index in [-0.39, 0.29) is 11.5 Å². The first-order valence-electron chi connectivity index (χ1n) is 6.76. The normalized spacial score (nSPS) is 11.7. The van der Waals surface area contributed by atoms with Crippen LogP contribution in [-0.4, -0.2) is 28.1 Å². The van der Waals surface area contributed by atoms with Crippen molar-refractivity contribution in [1.82, 2.24) is 14.9 Å². The molecular formula is C15H16ClN3O3. The second-order valence-corrected chi connectivity index (χ2v) is 5.06. The molecule has 0 bridgehead atoms. The lowest BCUT2D eigenvalue weighted by molar-refractivity contribution is -0.127. The Bertz CT molecular complexity index is 702. The quantitative estimate of drug-likeness (QED) is 0.874. The van der Waals surface area contributed by atoms with E-state index >= 15 is 0 Å². The van der Waals surface area contributed by atoms with Gasteiger partial charge in [-0.05, 0) is 25.1 Å². The first-order valence-corrected chi connectivity index (χ1v) is 7.14. The number of nitrogens with one attached hydrogen (secondary N) is 1. The van der Waals surface area contributed by atoms with E-state index in [2.05, 4.69) is 10.3 Å². The predicted molar refractivity (Wildman–Crippen MR) is 83.0 cm³/mol. The number of aromatic nitrogens is 2. The van der Waals surface area contributed by atoms with Crippen LogP contribution in [0.2, 0.25) is 5.02 Å². The maximum atomic E-state index is 11.9. The number of amides is 1. The fraction of sp³-hybridized carbons (Fsp3) is 0.267. The van der Waals surface area contributed by atoms with Gasteiger partial charge in [0.25, 0.3) is 11.5 Å². The van der Waals surface area contributed by atoms with E-state index in [0.29, 0.717) is 23.9 Å². The highest BCUT2D eigenvalue weighted by atomic mass is 35.5. The summed E-state index contributed by atoms with van der Waals surface area (Å²) < 4.78 is 6.93. The van der Waals surface area contributed by atoms with Crippen molar-refractivity contribution in [1.29, 1.82) is 0 Å². The third-order valence-corrected chi connectivity index (χ3v) is 3.16. The summed E-state index contributed by atoms with van der Waals surface area (Å²) in [7, 11) is 0. The number of ether oxygens (including phenoxy) is 1. The Kier molecular flexibility index (Phi) is 5.55. The van der Waals surface area contributed by atoms with Gasteiger partial charge in [-0.1, -0.05) is 17.7 Å². The SMILES string of the molecule is CC(Oc1cccc(Cl)c1)C(=O)NCCn1cnccc1=O. The number of benzene rings is 1. The highest BCUT2D eigenvalue weighted by Crippen LogP contribution is 2.18. The zero-order valence-electron chi connectivity index (χ0n) is 12.0. The van der Waals surface area contributed by atoms with Crippen molar-refractivity contribution in [3.63, 3.8) is 0 Å². The van der Waals surface area contributed by atoms with Gasteiger partial charge in [-0.2, -0.15) is 0 Å². The van der Waals surface area contributed by atoms with E-state index in [1.54, 1.807) is 31.2 Å². The highest BCUT2D eigenvalue weighted by Gasteiger charge is 2.14. The summed E-state index contributed by atoms with van der Waals surface area (Å²) in [6.07, 6.45) is 2.20. The molecule has 1 N–H and O–H groups in total. The molecule has 1 unspecified atom stereocenters. The zero-order valence-corrected chi connectivity index (χ0v) is 12.8. The molecule has 2 aromatic rings. The van der Waals surface area contributed by atoms with Crippen molar-refractivity contribution >= 4 is 17.5 Å². The van der Waals surface area contributed by atoms with Crippen LogP contribution in [0.15, 0.2) is 47.7 Å². The van der Waals surface area contributed by atoms with Crippen LogP contribution in [0.5, 0.6) is 5.75 Å². The van der Waals surface area contributed by atoms with Crippen LogP contribution in [0.1, 0.15) is 6.92 Å². The monoisotopic (exact) mass is 321 g/mol. The molecule has 0 radical (unpaired) electrons. The van der Waals surface area contributed by atoms with Crippen LogP contribution < -0.4 is 15.6 Å². The Morgan fingerprint density at radius 1 is 1.45 bits per heavy atom. The molecule has 1 amide bonds. The fourth-order valence-corrected chi connectivity index (χ4v) is 1.97. The van der Waals surface area contributed by atoms with E-state index in [9.17, 15) is 9.59 Å². The van der Waals surface area contributed by atoms with Gasteiger partial charge >= 0.3 is 0 Å². The number of rotatable bonds is 6. The molecule has 0 fully saturated rings. The minimum absolute atomic E-state index is 0.160. The average Bonchev–Trinajstić information content (AvgIpc) is 2.49. The van der Waals surface area contributed by atoms with Gasteiger partial charge in [-0.3, -0.25) is 14.2 Å². The lowest BCUT2D eigenvalue weighted by atomic mass is 10.3. The molecule has 22 heavy (non-hydrogen) atoms. The van der Waals surface area contributed by atoms with Crippen LogP contribution in [-0.2, 0) is 11.3 Å². The molecule has 0 aliphatic carbocycles. The molecule has 0 aliphatic heterocycles. The second kappa shape index (κ2) is 7.61. The van der Waals surface area contributed by atoms with Gasteiger partial charge in [0.05, 0.1) is 6.33 Å². The first kappa shape index (κ1) is 16.0. The Morgan fingerprint density at radius 3 is 3.00 bits per heavy atom. The van der Waals surface area contributed by atoms with Crippen LogP contribution in [0.4, 0.5) is 0 Å². The van der Waals surface area contributed by atoms with Crippen molar-refractivity contribution in [3.05, 3.63) is 58.2 Å². The maximum Gasteiger partial charge on any atom is 0.260 e. The summed E-state index contributed by atoms with van der Waals surface area (Å²) in [5.41, 5.74) is -0.160. The standard InChI is InChI=1S/C15H16ClN3O3/c1-11(22-13-4-2-3-12(16)9-13)15(21)18-7-8-19-10-17-6-5-14(19)20/h2-6,9-11H,7-8H2,1H3,(H,18,21). The van der Waals surface area contributed by atoms with E-state index in [0.717, 1.165) is 0 Å². The molecule has 0 saturated carbocycles. The van der Waals surface area contributed by atoms with Crippen LogP contribution in [0.3, 0.4) is 0 Å². The topological polar surface area (TPSA) is 73.2 Å². The predicted octanol–water partition coefficient (Wildman–Crippen LogP) is 1.48. The average molecular weight is 322 g/mol. The molecule has 1 atom stereocenters. The van der Waals surface area contributed by atoms with E-state index < -0.39 is 6.10 Å². The van der Waals surface area contributed by atoms with Gasteiger partial charge in [0.1, 0.15) is 5.75 Å². The molecule has 0 spiro atoms. The van der Waals surface area contributed by atoms with Gasteiger partial charge in [0.15, 0.2) is 6.10 Å². The number of halogens is 1. The Hall–Kier alpha value is -2.34. The van der Waals surface area contributed by atoms with Crippen LogP contribution in [0.25, 0.3) is 0 Å². The summed E-state index contributed by atoms with van der Waals surface area (Å²) in [4.78, 5) is 27.3. The fourth-order valence-electron chi connectivity index (χ4n) is 1.79. The van der Waals surface area contributed by atoms with Gasteiger partial charge < -0.3 is 10.1 Å². The van der Waals surface area contributed by atoms with Crippen LogP contribution in [0, 0.1) is 0 Å². The van der Waals surface area contributed by atoms with Crippen LogP contribution >= 0.6 is 11.6 Å². The smallest absolute Gasteiger partial charge is 0.260 e. The van der Waals surface area contributed by atoms with Crippen molar-refractivity contribution in [2.45, 2.75) is 19.6 Å². The molecule has 116 valence electrons. The first-order chi connectivity index (χ1) is 10.6. The van der Waals surface area contributed by atoms with Crippen molar-refractivity contribution in [2.75, 3.05) is 6.54 Å². The summed E-state index contributed by atoms with van der Waals surface area (Å²) in [5.74, 6) is 0.260. The molecule has 1 aromatic heterocycles. The van der Waals surface area contributed by atoms with Gasteiger partial charge in [-0.15, -0.1) is 0 Å². The van der Waals surface area contributed by atoms with Gasteiger partial charge in [0.2, 0.25) is 0 Å². The number of nitrogens with zero attached hydrogens (tertiary/aromatic N) is 2. The van der Waals surface area contributed by atoms with E-state index in [4.69, 9.17) is 16.3 Å². The molecule has 0 aliphatic rings. The second-order valence-electron chi connectivity index (χ2n) is 4.62. The molecule has 1 aromatic carbocycles. The number of hydrogen-bond donors (Lipinski definition) is 1. The van der Waals surface area contributed by atoms with Crippen molar-refractivity contribution in [3.8, 4) is 5.75 Å². The molecule has 1 heterocycles. The maximum absolute atomic E-state index is 11.9. The Morgan fingerprint density at radius 2 is 2.27 bits per heavy atom. The van der Waals surface area contributed by atoms with Gasteiger partial charge in [-0.25, -0.2) is 4.98 Å². The molecular weight excluding hydrogens is 306 g/mol. The van der Waals surface area contributed by atoms with Crippen molar-refractivity contribution in [2.24, 2.45) is 0 Å². The molecule has 0 saturated heterocycles. The highest BCUT2D eigenvalue weighted by molar-refractivity contribution is 6.30. The zero-order chi connectivity index (χ0) is 15.9. The largest absolute Gasteiger partial charge is 0.481 e. The summed E-state index contributed by atoms with van der Waals surface area (Å²) in [6, 6.07) is 8.21.